The Morgan fingerprint density at radius 1 is 1.05 bits per heavy atom. The van der Waals surface area contributed by atoms with Gasteiger partial charge in [-0.1, -0.05) is 30.3 Å². The largest absolute Gasteiger partial charge is 0.339 e. The monoisotopic (exact) mass is 282 g/mol. The minimum Gasteiger partial charge on any atom is -0.339 e. The number of hydrogen-bond donors (Lipinski definition) is 1. The molecule has 0 spiro atoms. The molecule has 1 saturated heterocycles. The van der Waals surface area contributed by atoms with Crippen LogP contribution in [0.15, 0.2) is 53.5 Å². The van der Waals surface area contributed by atoms with Crippen LogP contribution in [0, 0.1) is 0 Å². The number of benzene rings is 1. The van der Waals surface area contributed by atoms with E-state index in [1.54, 1.807) is 6.07 Å². The van der Waals surface area contributed by atoms with Gasteiger partial charge in [0.25, 0.3) is 5.91 Å². The fourth-order valence-electron chi connectivity index (χ4n) is 2.87. The Hall–Kier alpha value is -2.36. The first-order valence-electron chi connectivity index (χ1n) is 7.27. The van der Waals surface area contributed by atoms with Crippen molar-refractivity contribution in [1.29, 1.82) is 0 Å². The quantitative estimate of drug-likeness (QED) is 0.919. The van der Waals surface area contributed by atoms with Crippen molar-refractivity contribution in [2.75, 3.05) is 13.1 Å². The molecule has 1 aliphatic heterocycles. The number of amides is 1. The zero-order chi connectivity index (χ0) is 14.7. The number of likely N-dealkylation sites (tertiary alicyclic amines) is 1. The predicted octanol–water partition coefficient (Wildman–Crippen LogP) is 2.39. The molecule has 0 bridgehead atoms. The number of hydrogen-bond acceptors (Lipinski definition) is 2. The highest BCUT2D eigenvalue weighted by atomic mass is 16.2. The Morgan fingerprint density at radius 3 is 2.38 bits per heavy atom. The van der Waals surface area contributed by atoms with Gasteiger partial charge in [0.05, 0.1) is 5.56 Å². The SMILES string of the molecule is O=C(c1ccc(=O)[nH]c1)N1CCC(c2ccccc2)CC1. The second-order valence-electron chi connectivity index (χ2n) is 5.42. The molecule has 0 unspecified atom stereocenters. The van der Waals surface area contributed by atoms with Crippen LogP contribution in [0.5, 0.6) is 0 Å². The van der Waals surface area contributed by atoms with Crippen LogP contribution < -0.4 is 5.56 Å². The van der Waals surface area contributed by atoms with E-state index in [1.807, 2.05) is 11.0 Å². The average Bonchev–Trinajstić information content (AvgIpc) is 2.56. The summed E-state index contributed by atoms with van der Waals surface area (Å²) >= 11 is 0. The summed E-state index contributed by atoms with van der Waals surface area (Å²) < 4.78 is 0. The van der Waals surface area contributed by atoms with E-state index >= 15 is 0 Å². The summed E-state index contributed by atoms with van der Waals surface area (Å²) in [6.07, 6.45) is 3.46. The normalized spacial score (nSPS) is 15.9. The van der Waals surface area contributed by atoms with Crippen molar-refractivity contribution in [2.24, 2.45) is 0 Å². The van der Waals surface area contributed by atoms with Crippen molar-refractivity contribution in [2.45, 2.75) is 18.8 Å². The Labute approximate surface area is 123 Å². The van der Waals surface area contributed by atoms with Crippen LogP contribution in [-0.2, 0) is 0 Å². The number of rotatable bonds is 2. The highest BCUT2D eigenvalue weighted by Gasteiger charge is 2.24. The van der Waals surface area contributed by atoms with Gasteiger partial charge in [-0.2, -0.15) is 0 Å². The van der Waals surface area contributed by atoms with E-state index in [1.165, 1.54) is 17.8 Å². The molecule has 0 atom stereocenters. The Kier molecular flexibility index (Phi) is 3.86. The van der Waals surface area contributed by atoms with Crippen molar-refractivity contribution in [3.63, 3.8) is 0 Å². The molecule has 1 amide bonds. The summed E-state index contributed by atoms with van der Waals surface area (Å²) in [6.45, 7) is 1.52. The summed E-state index contributed by atoms with van der Waals surface area (Å²) in [5, 5.41) is 0. The molecule has 21 heavy (non-hydrogen) atoms. The van der Waals surface area contributed by atoms with Crippen LogP contribution in [0.4, 0.5) is 0 Å². The summed E-state index contributed by atoms with van der Waals surface area (Å²) in [7, 11) is 0. The Morgan fingerprint density at radius 2 is 1.76 bits per heavy atom. The van der Waals surface area contributed by atoms with Crippen molar-refractivity contribution >= 4 is 5.91 Å². The van der Waals surface area contributed by atoms with Gasteiger partial charge in [0.1, 0.15) is 0 Å². The maximum absolute atomic E-state index is 12.4. The van der Waals surface area contributed by atoms with Gasteiger partial charge in [-0.05, 0) is 30.4 Å². The molecule has 3 rings (SSSR count). The van der Waals surface area contributed by atoms with E-state index in [9.17, 15) is 9.59 Å². The van der Waals surface area contributed by atoms with Crippen LogP contribution in [-0.4, -0.2) is 28.9 Å². The molecular weight excluding hydrogens is 264 g/mol. The van der Waals surface area contributed by atoms with Gasteiger partial charge in [-0.3, -0.25) is 9.59 Å². The molecule has 2 heterocycles. The molecular formula is C17H18N2O2. The minimum absolute atomic E-state index is 0.00207. The number of nitrogens with one attached hydrogen (secondary N) is 1. The van der Waals surface area contributed by atoms with E-state index in [-0.39, 0.29) is 11.5 Å². The molecule has 0 saturated carbocycles. The molecule has 4 heteroatoms. The van der Waals surface area contributed by atoms with Gasteiger partial charge in [0.2, 0.25) is 5.56 Å². The van der Waals surface area contributed by atoms with Crippen molar-refractivity contribution in [1.82, 2.24) is 9.88 Å². The molecule has 1 fully saturated rings. The highest BCUT2D eigenvalue weighted by Crippen LogP contribution is 2.28. The number of pyridine rings is 1. The van der Waals surface area contributed by atoms with Gasteiger partial charge >= 0.3 is 0 Å². The number of H-pyrrole nitrogens is 1. The number of aromatic nitrogens is 1. The first kappa shape index (κ1) is 13.6. The number of aromatic amines is 1. The molecule has 2 aromatic rings. The van der Waals surface area contributed by atoms with Crippen LogP contribution >= 0.6 is 0 Å². The van der Waals surface area contributed by atoms with Crippen molar-refractivity contribution < 1.29 is 4.79 Å². The van der Waals surface area contributed by atoms with Crippen molar-refractivity contribution in [3.05, 3.63) is 70.1 Å². The Bertz CT molecular complexity index is 650. The summed E-state index contributed by atoms with van der Waals surface area (Å²) in [6, 6.07) is 13.4. The second kappa shape index (κ2) is 5.95. The first-order chi connectivity index (χ1) is 10.2. The van der Waals surface area contributed by atoms with E-state index in [0.717, 1.165) is 25.9 Å². The minimum atomic E-state index is -0.186. The van der Waals surface area contributed by atoms with Gasteiger partial charge in [0.15, 0.2) is 0 Å². The molecule has 1 aromatic heterocycles. The standard InChI is InChI=1S/C17H18N2O2/c20-16-7-6-15(12-18-16)17(21)19-10-8-14(9-11-19)13-4-2-1-3-5-13/h1-7,12,14H,8-11H2,(H,18,20). The van der Waals surface area contributed by atoms with Gasteiger partial charge in [-0.15, -0.1) is 0 Å². The lowest BCUT2D eigenvalue weighted by atomic mass is 9.89. The van der Waals surface area contributed by atoms with Crippen LogP contribution in [0.1, 0.15) is 34.7 Å². The second-order valence-corrected chi connectivity index (χ2v) is 5.42. The fourth-order valence-corrected chi connectivity index (χ4v) is 2.87. The number of carbonyl (C=O) groups is 1. The van der Waals surface area contributed by atoms with E-state index < -0.39 is 0 Å². The van der Waals surface area contributed by atoms with E-state index in [0.29, 0.717) is 11.5 Å². The molecule has 1 aliphatic rings. The fraction of sp³-hybridized carbons (Fsp3) is 0.294. The summed E-state index contributed by atoms with van der Waals surface area (Å²) in [5.74, 6) is 0.531. The van der Waals surface area contributed by atoms with Gasteiger partial charge in [-0.25, -0.2) is 0 Å². The smallest absolute Gasteiger partial charge is 0.255 e. The number of nitrogens with zero attached hydrogens (tertiary/aromatic N) is 1. The lowest BCUT2D eigenvalue weighted by Crippen LogP contribution is -2.38. The maximum Gasteiger partial charge on any atom is 0.255 e. The third kappa shape index (κ3) is 3.05. The highest BCUT2D eigenvalue weighted by molar-refractivity contribution is 5.93. The summed E-state index contributed by atoms with van der Waals surface area (Å²) in [5.41, 5.74) is 1.72. The maximum atomic E-state index is 12.4. The molecule has 0 radical (unpaired) electrons. The zero-order valence-electron chi connectivity index (χ0n) is 11.8. The average molecular weight is 282 g/mol. The molecule has 108 valence electrons. The molecule has 1 N–H and O–H groups in total. The topological polar surface area (TPSA) is 53.2 Å². The van der Waals surface area contributed by atoms with Crippen LogP contribution in [0.25, 0.3) is 0 Å². The lowest BCUT2D eigenvalue weighted by Gasteiger charge is -2.32. The predicted molar refractivity (Wildman–Crippen MR) is 81.4 cm³/mol. The lowest BCUT2D eigenvalue weighted by molar-refractivity contribution is 0.0712. The zero-order valence-corrected chi connectivity index (χ0v) is 11.8. The van der Waals surface area contributed by atoms with Crippen LogP contribution in [0.3, 0.4) is 0 Å². The third-order valence-corrected chi connectivity index (χ3v) is 4.08. The molecule has 0 aliphatic carbocycles. The third-order valence-electron chi connectivity index (χ3n) is 4.08. The number of piperidine rings is 1. The molecule has 1 aromatic carbocycles. The van der Waals surface area contributed by atoms with Crippen LogP contribution in [0.2, 0.25) is 0 Å². The Balaban J connectivity index is 1.64. The van der Waals surface area contributed by atoms with Crippen molar-refractivity contribution in [3.8, 4) is 0 Å². The van der Waals surface area contributed by atoms with E-state index in [4.69, 9.17) is 0 Å². The summed E-state index contributed by atoms with van der Waals surface area (Å²) in [4.78, 5) is 27.8. The number of carbonyl (C=O) groups excluding carboxylic acids is 1. The van der Waals surface area contributed by atoms with Gasteiger partial charge in [0, 0.05) is 25.4 Å². The van der Waals surface area contributed by atoms with E-state index in [2.05, 4.69) is 29.2 Å². The first-order valence-corrected chi connectivity index (χ1v) is 7.27. The molecule has 4 nitrogen and oxygen atoms in total. The van der Waals surface area contributed by atoms with Gasteiger partial charge < -0.3 is 9.88 Å².